The fourth-order valence-corrected chi connectivity index (χ4v) is 0.950. The average molecular weight is 234 g/mol. The first-order valence-corrected chi connectivity index (χ1v) is 6.71. The molecule has 98 valence electrons. The van der Waals surface area contributed by atoms with Crippen LogP contribution in [0, 0.1) is 0 Å². The number of rotatable bonds is 2. The molecule has 0 aliphatic carbocycles. The van der Waals surface area contributed by atoms with Gasteiger partial charge in [0.05, 0.1) is 0 Å². The van der Waals surface area contributed by atoms with E-state index in [1.807, 2.05) is 78.8 Å². The average Bonchev–Trinajstić information content (AvgIpc) is 2.46. The van der Waals surface area contributed by atoms with Gasteiger partial charge in [-0.05, 0) is 18.1 Å². The Kier molecular flexibility index (Phi) is 24.9. The van der Waals surface area contributed by atoms with E-state index in [0.717, 1.165) is 5.57 Å². The Hall–Kier alpha value is -1.30. The van der Waals surface area contributed by atoms with E-state index >= 15 is 0 Å². The van der Waals surface area contributed by atoms with E-state index in [0.29, 0.717) is 0 Å². The Bertz CT molecular complexity index is 255. The summed E-state index contributed by atoms with van der Waals surface area (Å²) in [6, 6.07) is 10.2. The lowest BCUT2D eigenvalue weighted by atomic mass is 10.1. The van der Waals surface area contributed by atoms with Crippen LogP contribution in [-0.2, 0) is 0 Å². The van der Waals surface area contributed by atoms with Crippen LogP contribution in [0.25, 0.3) is 5.57 Å². The van der Waals surface area contributed by atoms with Gasteiger partial charge in [0.25, 0.3) is 0 Å². The Morgan fingerprint density at radius 3 is 1.65 bits per heavy atom. The smallest absolute Gasteiger partial charge is 0.0190 e. The summed E-state index contributed by atoms with van der Waals surface area (Å²) in [5.74, 6) is 0. The highest BCUT2D eigenvalue weighted by Gasteiger charge is 1.89. The van der Waals surface area contributed by atoms with Crippen LogP contribution in [0.4, 0.5) is 0 Å². The molecular weight excluding hydrogens is 204 g/mol. The molecule has 0 fully saturated rings. The van der Waals surface area contributed by atoms with Gasteiger partial charge in [0, 0.05) is 0 Å². The van der Waals surface area contributed by atoms with Crippen LogP contribution < -0.4 is 0 Å². The fourth-order valence-electron chi connectivity index (χ4n) is 0.950. The summed E-state index contributed by atoms with van der Waals surface area (Å²) in [5, 5.41) is 0. The Morgan fingerprint density at radius 1 is 0.882 bits per heavy atom. The highest BCUT2D eigenvalue weighted by atomic mass is 13.9. The van der Waals surface area contributed by atoms with Crippen LogP contribution >= 0.6 is 0 Å². The van der Waals surface area contributed by atoms with Crippen LogP contribution in [0.2, 0.25) is 0 Å². The summed E-state index contributed by atoms with van der Waals surface area (Å²) in [4.78, 5) is 0. The third-order valence-electron chi connectivity index (χ3n) is 1.51. The Labute approximate surface area is 109 Å². The van der Waals surface area contributed by atoms with Crippen molar-refractivity contribution in [2.75, 3.05) is 0 Å². The molecule has 0 nitrogen and oxygen atoms in total. The molecule has 0 saturated heterocycles. The van der Waals surface area contributed by atoms with Crippen molar-refractivity contribution in [1.29, 1.82) is 0 Å². The highest BCUT2D eigenvalue weighted by Crippen LogP contribution is 2.11. The lowest BCUT2D eigenvalue weighted by Gasteiger charge is -1.97. The second-order valence-corrected chi connectivity index (χ2v) is 2.39. The second kappa shape index (κ2) is 20.2. The maximum Gasteiger partial charge on any atom is -0.0190 e. The van der Waals surface area contributed by atoms with Crippen molar-refractivity contribution in [2.24, 2.45) is 0 Å². The summed E-state index contributed by atoms with van der Waals surface area (Å²) in [7, 11) is 0. The van der Waals surface area contributed by atoms with Crippen molar-refractivity contribution < 1.29 is 0 Å². The molecule has 0 unspecified atom stereocenters. The number of hydrogen-bond donors (Lipinski definition) is 0. The summed E-state index contributed by atoms with van der Waals surface area (Å²) < 4.78 is 0. The molecule has 1 aromatic rings. The van der Waals surface area contributed by atoms with Crippen LogP contribution in [0.1, 0.15) is 54.0 Å². The summed E-state index contributed by atoms with van der Waals surface area (Å²) in [6.45, 7) is 17.9. The molecule has 0 heteroatoms. The first-order valence-electron chi connectivity index (χ1n) is 6.71. The van der Waals surface area contributed by atoms with Crippen molar-refractivity contribution >= 4 is 5.57 Å². The zero-order valence-corrected chi connectivity index (χ0v) is 12.7. The first kappa shape index (κ1) is 21.0. The molecule has 0 N–H and O–H groups in total. The van der Waals surface area contributed by atoms with Gasteiger partial charge in [-0.25, -0.2) is 0 Å². The minimum absolute atomic E-state index is 1.06. The highest BCUT2D eigenvalue weighted by molar-refractivity contribution is 5.71. The van der Waals surface area contributed by atoms with E-state index in [1.54, 1.807) is 0 Å². The quantitative estimate of drug-likeness (QED) is 0.523. The molecule has 0 saturated carbocycles. The van der Waals surface area contributed by atoms with Crippen molar-refractivity contribution in [3.63, 3.8) is 0 Å². The molecule has 0 atom stereocenters. The van der Waals surface area contributed by atoms with E-state index in [4.69, 9.17) is 0 Å². The zero-order chi connectivity index (χ0) is 14.1. The molecule has 0 bridgehead atoms. The van der Waals surface area contributed by atoms with E-state index in [-0.39, 0.29) is 0 Å². The van der Waals surface area contributed by atoms with Gasteiger partial charge in [0.2, 0.25) is 0 Å². The standard InChI is InChI=1S/C11H12.3C2H6/c1-3-7-10(2)11-8-5-4-6-9-11;3*1-2/h3-9H,2H2,1H3;3*1-2H3/b7-3-;;;. The third-order valence-corrected chi connectivity index (χ3v) is 1.51. The van der Waals surface area contributed by atoms with Crippen molar-refractivity contribution in [3.05, 3.63) is 54.6 Å². The molecule has 0 amide bonds. The van der Waals surface area contributed by atoms with Gasteiger partial charge < -0.3 is 0 Å². The van der Waals surface area contributed by atoms with Gasteiger partial charge in [-0.1, -0.05) is 90.6 Å². The Balaban J connectivity index is -0.000000285. The van der Waals surface area contributed by atoms with Crippen LogP contribution in [-0.4, -0.2) is 0 Å². The second-order valence-electron chi connectivity index (χ2n) is 2.39. The number of benzene rings is 1. The minimum Gasteiger partial charge on any atom is -0.0912 e. The molecule has 1 aromatic carbocycles. The number of hydrogen-bond acceptors (Lipinski definition) is 0. The minimum atomic E-state index is 1.06. The van der Waals surface area contributed by atoms with E-state index < -0.39 is 0 Å². The molecule has 0 radical (unpaired) electrons. The maximum absolute atomic E-state index is 3.93. The van der Waals surface area contributed by atoms with Gasteiger partial charge in [-0.3, -0.25) is 0 Å². The number of allylic oxidation sites excluding steroid dienone is 3. The predicted octanol–water partition coefficient (Wildman–Crippen LogP) is 6.35. The Morgan fingerprint density at radius 2 is 1.29 bits per heavy atom. The summed E-state index contributed by atoms with van der Waals surface area (Å²) in [6.07, 6.45) is 4.00. The molecule has 0 aliphatic rings. The lowest BCUT2D eigenvalue weighted by Crippen LogP contribution is -1.75. The van der Waals surface area contributed by atoms with Crippen molar-refractivity contribution in [1.82, 2.24) is 0 Å². The zero-order valence-electron chi connectivity index (χ0n) is 12.7. The van der Waals surface area contributed by atoms with Gasteiger partial charge in [-0.2, -0.15) is 0 Å². The van der Waals surface area contributed by atoms with Crippen LogP contribution in [0.3, 0.4) is 0 Å². The third kappa shape index (κ3) is 12.6. The normalized spacial score (nSPS) is 7.71. The molecular formula is C17H30. The maximum atomic E-state index is 3.93. The SMILES string of the molecule is C=C(/C=C\C)c1ccccc1.CC.CC.CC. The van der Waals surface area contributed by atoms with Crippen LogP contribution in [0.5, 0.6) is 0 Å². The first-order chi connectivity index (χ1) is 8.34. The van der Waals surface area contributed by atoms with Crippen molar-refractivity contribution in [3.8, 4) is 0 Å². The van der Waals surface area contributed by atoms with Crippen molar-refractivity contribution in [2.45, 2.75) is 48.5 Å². The summed E-state index contributed by atoms with van der Waals surface area (Å²) in [5.41, 5.74) is 2.25. The lowest BCUT2D eigenvalue weighted by molar-refractivity contribution is 1.50. The van der Waals surface area contributed by atoms with E-state index in [2.05, 4.69) is 18.7 Å². The molecule has 0 spiro atoms. The van der Waals surface area contributed by atoms with E-state index in [1.165, 1.54) is 5.56 Å². The van der Waals surface area contributed by atoms with Gasteiger partial charge >= 0.3 is 0 Å². The largest absolute Gasteiger partial charge is 0.0912 e. The molecule has 17 heavy (non-hydrogen) atoms. The van der Waals surface area contributed by atoms with E-state index in [9.17, 15) is 0 Å². The monoisotopic (exact) mass is 234 g/mol. The van der Waals surface area contributed by atoms with Gasteiger partial charge in [-0.15, -0.1) is 0 Å². The van der Waals surface area contributed by atoms with Crippen LogP contribution in [0.15, 0.2) is 49.1 Å². The fraction of sp³-hybridized carbons (Fsp3) is 0.412. The predicted molar refractivity (Wildman–Crippen MR) is 84.3 cm³/mol. The topological polar surface area (TPSA) is 0 Å². The van der Waals surface area contributed by atoms with Gasteiger partial charge in [0.1, 0.15) is 0 Å². The molecule has 0 aromatic heterocycles. The molecule has 1 rings (SSSR count). The molecule has 0 aliphatic heterocycles. The summed E-state index contributed by atoms with van der Waals surface area (Å²) >= 11 is 0. The molecule has 0 heterocycles. The van der Waals surface area contributed by atoms with Gasteiger partial charge in [0.15, 0.2) is 0 Å².